The van der Waals surface area contributed by atoms with Crippen LogP contribution in [0.25, 0.3) is 0 Å². The predicted molar refractivity (Wildman–Crippen MR) is 137 cm³/mol. The maximum atomic E-state index is 14.2. The van der Waals surface area contributed by atoms with Crippen LogP contribution in [0.15, 0.2) is 60.8 Å². The normalized spacial score (nSPS) is 22.3. The van der Waals surface area contributed by atoms with Crippen molar-refractivity contribution in [3.05, 3.63) is 77.6 Å². The van der Waals surface area contributed by atoms with E-state index in [1.54, 1.807) is 0 Å². The van der Waals surface area contributed by atoms with Crippen molar-refractivity contribution in [3.8, 4) is 17.2 Å². The average molecular weight is 506 g/mol. The van der Waals surface area contributed by atoms with Crippen LogP contribution in [-0.2, 0) is 16.8 Å². The first-order chi connectivity index (χ1) is 17.2. The van der Waals surface area contributed by atoms with Crippen LogP contribution >= 0.6 is 12.4 Å². The molecule has 4 aliphatic rings. The van der Waals surface area contributed by atoms with E-state index in [1.165, 1.54) is 0 Å². The first kappa shape index (κ1) is 23.1. The standard InChI is InChI=1S/C28H27N3O4.ClH/c32-27-28(17-33-24-14-26-25(13-22(24)28)34-18-35-26)21-6-1-2-7-23(21)31(27)15-19-8-11-30(12-9-19)16-20-5-3-4-10-29-20;/h1-7,10,13-14,19H,8-9,11-12,15-18H2;1H. The number of benzene rings is 2. The van der Waals surface area contributed by atoms with Gasteiger partial charge in [0, 0.05) is 36.6 Å². The molecule has 0 bridgehead atoms. The lowest BCUT2D eigenvalue weighted by molar-refractivity contribution is -0.122. The highest BCUT2D eigenvalue weighted by atomic mass is 35.5. The molecule has 8 heteroatoms. The number of likely N-dealkylation sites (tertiary alicyclic amines) is 1. The van der Waals surface area contributed by atoms with Crippen molar-refractivity contribution < 1.29 is 19.0 Å². The molecule has 1 saturated heterocycles. The third-order valence-corrected chi connectivity index (χ3v) is 7.90. The number of hydrogen-bond donors (Lipinski definition) is 0. The van der Waals surface area contributed by atoms with E-state index in [0.29, 0.717) is 29.8 Å². The van der Waals surface area contributed by atoms with Crippen molar-refractivity contribution in [2.75, 3.05) is 37.9 Å². The summed E-state index contributed by atoms with van der Waals surface area (Å²) in [6.07, 6.45) is 3.99. The van der Waals surface area contributed by atoms with Gasteiger partial charge in [0.15, 0.2) is 11.5 Å². The van der Waals surface area contributed by atoms with Crippen LogP contribution in [0.3, 0.4) is 0 Å². The van der Waals surface area contributed by atoms with Crippen molar-refractivity contribution >= 4 is 24.0 Å². The van der Waals surface area contributed by atoms with E-state index in [-0.39, 0.29) is 25.1 Å². The molecule has 7 rings (SSSR count). The largest absolute Gasteiger partial charge is 0.491 e. The van der Waals surface area contributed by atoms with Crippen molar-refractivity contribution in [1.29, 1.82) is 0 Å². The minimum absolute atomic E-state index is 0. The highest BCUT2D eigenvalue weighted by molar-refractivity contribution is 6.11. The molecule has 1 amide bonds. The Morgan fingerprint density at radius 1 is 0.917 bits per heavy atom. The van der Waals surface area contributed by atoms with Gasteiger partial charge >= 0.3 is 0 Å². The van der Waals surface area contributed by atoms with E-state index < -0.39 is 5.41 Å². The van der Waals surface area contributed by atoms with Gasteiger partial charge in [-0.1, -0.05) is 24.3 Å². The molecule has 4 aliphatic heterocycles. The molecule has 1 atom stereocenters. The molecule has 1 fully saturated rings. The molecule has 186 valence electrons. The summed E-state index contributed by atoms with van der Waals surface area (Å²) < 4.78 is 17.3. The SMILES string of the molecule is Cl.O=C1N(CC2CCN(Cc3ccccn3)CC2)c2ccccc2C12COc1cc3c(cc12)OCO3. The Morgan fingerprint density at radius 3 is 2.50 bits per heavy atom. The number of pyridine rings is 1. The van der Waals surface area contributed by atoms with Crippen LogP contribution in [0.4, 0.5) is 5.69 Å². The zero-order valence-corrected chi connectivity index (χ0v) is 20.7. The molecule has 1 unspecified atom stereocenters. The highest BCUT2D eigenvalue weighted by Crippen LogP contribution is 2.55. The Balaban J connectivity index is 0.00000240. The van der Waals surface area contributed by atoms with Gasteiger partial charge in [0.2, 0.25) is 12.7 Å². The molecule has 1 spiro atoms. The van der Waals surface area contributed by atoms with Crippen LogP contribution in [0.2, 0.25) is 0 Å². The maximum absolute atomic E-state index is 14.2. The summed E-state index contributed by atoms with van der Waals surface area (Å²) in [5.74, 6) is 2.63. The van der Waals surface area contributed by atoms with Crippen LogP contribution in [0, 0.1) is 5.92 Å². The maximum Gasteiger partial charge on any atom is 0.245 e. The quantitative estimate of drug-likeness (QED) is 0.530. The van der Waals surface area contributed by atoms with E-state index in [0.717, 1.165) is 61.5 Å². The van der Waals surface area contributed by atoms with E-state index >= 15 is 0 Å². The van der Waals surface area contributed by atoms with Gasteiger partial charge in [-0.3, -0.25) is 14.7 Å². The zero-order chi connectivity index (χ0) is 23.4. The van der Waals surface area contributed by atoms with Crippen molar-refractivity contribution in [1.82, 2.24) is 9.88 Å². The number of carbonyl (C=O) groups excluding carboxylic acids is 1. The molecule has 3 aromatic rings. The van der Waals surface area contributed by atoms with Gasteiger partial charge < -0.3 is 19.1 Å². The zero-order valence-electron chi connectivity index (χ0n) is 19.9. The molecule has 36 heavy (non-hydrogen) atoms. The monoisotopic (exact) mass is 505 g/mol. The number of halogens is 1. The van der Waals surface area contributed by atoms with E-state index in [4.69, 9.17) is 14.2 Å². The van der Waals surface area contributed by atoms with Crippen molar-refractivity contribution in [3.63, 3.8) is 0 Å². The molecule has 0 saturated carbocycles. The lowest BCUT2D eigenvalue weighted by atomic mass is 9.77. The van der Waals surface area contributed by atoms with Gasteiger partial charge in [-0.2, -0.15) is 0 Å². The van der Waals surface area contributed by atoms with Gasteiger partial charge in [-0.25, -0.2) is 0 Å². The topological polar surface area (TPSA) is 64.1 Å². The van der Waals surface area contributed by atoms with Gasteiger partial charge in [-0.05, 0) is 61.7 Å². The van der Waals surface area contributed by atoms with Gasteiger partial charge in [0.05, 0.1) is 5.69 Å². The number of aromatic nitrogens is 1. The molecule has 2 aromatic carbocycles. The third-order valence-electron chi connectivity index (χ3n) is 7.90. The molecular formula is C28H28ClN3O4. The summed E-state index contributed by atoms with van der Waals surface area (Å²) in [5.41, 5.74) is 3.19. The number of hydrogen-bond acceptors (Lipinski definition) is 6. The number of amides is 1. The second-order valence-corrected chi connectivity index (χ2v) is 9.87. The van der Waals surface area contributed by atoms with E-state index in [9.17, 15) is 4.79 Å². The first-order valence-electron chi connectivity index (χ1n) is 12.3. The Kier molecular flexibility index (Phi) is 5.77. The smallest absolute Gasteiger partial charge is 0.245 e. The fourth-order valence-electron chi connectivity index (χ4n) is 6.05. The minimum Gasteiger partial charge on any atom is -0.491 e. The highest BCUT2D eigenvalue weighted by Gasteiger charge is 2.57. The average Bonchev–Trinajstić information content (AvgIpc) is 3.57. The number of anilines is 1. The summed E-state index contributed by atoms with van der Waals surface area (Å²) in [6.45, 7) is 4.15. The van der Waals surface area contributed by atoms with Gasteiger partial charge in [0.1, 0.15) is 17.8 Å². The fourth-order valence-corrected chi connectivity index (χ4v) is 6.05. The summed E-state index contributed by atoms with van der Waals surface area (Å²) >= 11 is 0. The Labute approximate surface area is 216 Å². The molecule has 5 heterocycles. The van der Waals surface area contributed by atoms with Crippen LogP contribution in [0.1, 0.15) is 29.7 Å². The third kappa shape index (κ3) is 3.52. The lowest BCUT2D eigenvalue weighted by Gasteiger charge is -2.34. The van der Waals surface area contributed by atoms with Crippen molar-refractivity contribution in [2.24, 2.45) is 5.92 Å². The molecular weight excluding hydrogens is 478 g/mol. The Hall–Kier alpha value is -3.29. The number of para-hydroxylation sites is 1. The molecule has 1 aromatic heterocycles. The summed E-state index contributed by atoms with van der Waals surface area (Å²) in [7, 11) is 0. The van der Waals surface area contributed by atoms with E-state index in [1.807, 2.05) is 47.5 Å². The summed E-state index contributed by atoms with van der Waals surface area (Å²) in [6, 6.07) is 18.1. The van der Waals surface area contributed by atoms with Crippen LogP contribution in [-0.4, -0.2) is 48.8 Å². The minimum atomic E-state index is -0.827. The van der Waals surface area contributed by atoms with Gasteiger partial charge in [-0.15, -0.1) is 12.4 Å². The van der Waals surface area contributed by atoms with Crippen molar-refractivity contribution in [2.45, 2.75) is 24.8 Å². The predicted octanol–water partition coefficient (Wildman–Crippen LogP) is 4.17. The summed E-state index contributed by atoms with van der Waals surface area (Å²) in [5, 5.41) is 0. The lowest BCUT2D eigenvalue weighted by Crippen LogP contribution is -2.45. The van der Waals surface area contributed by atoms with Crippen LogP contribution < -0.4 is 19.1 Å². The number of fused-ring (bicyclic) bond motifs is 5. The Bertz CT molecular complexity index is 1300. The number of nitrogens with zero attached hydrogens (tertiary/aromatic N) is 3. The number of carbonyl (C=O) groups is 1. The first-order valence-corrected chi connectivity index (χ1v) is 12.3. The molecule has 0 N–H and O–H groups in total. The second kappa shape index (κ2) is 8.98. The number of piperidine rings is 1. The Morgan fingerprint density at radius 2 is 1.69 bits per heavy atom. The molecule has 7 nitrogen and oxygen atoms in total. The second-order valence-electron chi connectivity index (χ2n) is 9.87. The number of ether oxygens (including phenoxy) is 3. The number of rotatable bonds is 4. The molecule has 0 aliphatic carbocycles. The van der Waals surface area contributed by atoms with Gasteiger partial charge in [0.25, 0.3) is 0 Å². The molecule has 0 radical (unpaired) electrons. The van der Waals surface area contributed by atoms with Crippen LogP contribution in [0.5, 0.6) is 17.2 Å². The van der Waals surface area contributed by atoms with E-state index in [2.05, 4.69) is 28.1 Å². The summed E-state index contributed by atoms with van der Waals surface area (Å²) in [4.78, 5) is 23.1. The fraction of sp³-hybridized carbons (Fsp3) is 0.357.